The minimum Gasteiger partial charge on any atom is -0.452 e. The predicted molar refractivity (Wildman–Crippen MR) is 79.6 cm³/mol. The van der Waals surface area contributed by atoms with Gasteiger partial charge in [-0.2, -0.15) is 0 Å². The van der Waals surface area contributed by atoms with E-state index in [0.717, 1.165) is 12.1 Å². The molecule has 6 heteroatoms. The van der Waals surface area contributed by atoms with Crippen LogP contribution >= 0.6 is 0 Å². The van der Waals surface area contributed by atoms with Gasteiger partial charge in [0.25, 0.3) is 5.91 Å². The van der Waals surface area contributed by atoms with Crippen molar-refractivity contribution in [2.45, 2.75) is 13.0 Å². The second kappa shape index (κ2) is 7.49. The molecule has 2 rings (SSSR count). The number of amides is 1. The maximum Gasteiger partial charge on any atom is 0.338 e. The second-order valence-electron chi connectivity index (χ2n) is 4.90. The fourth-order valence-corrected chi connectivity index (χ4v) is 2.00. The van der Waals surface area contributed by atoms with Crippen molar-refractivity contribution in [1.29, 1.82) is 0 Å². The molecule has 0 bridgehead atoms. The molecule has 0 heterocycles. The Morgan fingerprint density at radius 2 is 1.83 bits per heavy atom. The summed E-state index contributed by atoms with van der Waals surface area (Å²) in [6.07, 6.45) is 0. The molecule has 0 saturated carbocycles. The zero-order valence-corrected chi connectivity index (χ0v) is 12.4. The molecule has 2 aromatic carbocycles. The molecule has 0 spiro atoms. The number of carbonyl (C=O) groups is 2. The lowest BCUT2D eigenvalue weighted by molar-refractivity contribution is -0.124. The summed E-state index contributed by atoms with van der Waals surface area (Å²) in [4.78, 5) is 23.4. The lowest BCUT2D eigenvalue weighted by Gasteiger charge is -2.15. The number of ether oxygens (including phenoxy) is 1. The van der Waals surface area contributed by atoms with Crippen molar-refractivity contribution in [3.8, 4) is 0 Å². The molecule has 0 saturated heterocycles. The normalized spacial score (nSPS) is 11.6. The highest BCUT2D eigenvalue weighted by Crippen LogP contribution is 2.17. The van der Waals surface area contributed by atoms with Gasteiger partial charge in [0.15, 0.2) is 6.61 Å². The van der Waals surface area contributed by atoms with Crippen LogP contribution in [0.15, 0.2) is 48.5 Å². The smallest absolute Gasteiger partial charge is 0.338 e. The molecule has 1 atom stereocenters. The fourth-order valence-electron chi connectivity index (χ4n) is 2.00. The van der Waals surface area contributed by atoms with E-state index >= 15 is 0 Å². The van der Waals surface area contributed by atoms with Crippen molar-refractivity contribution >= 4 is 11.9 Å². The quantitative estimate of drug-likeness (QED) is 0.862. The van der Waals surface area contributed by atoms with E-state index in [9.17, 15) is 18.4 Å². The lowest BCUT2D eigenvalue weighted by Crippen LogP contribution is -2.31. The molecule has 0 fully saturated rings. The van der Waals surface area contributed by atoms with Crippen molar-refractivity contribution in [2.24, 2.45) is 0 Å². The molecule has 1 amide bonds. The van der Waals surface area contributed by atoms with E-state index in [2.05, 4.69) is 5.32 Å². The van der Waals surface area contributed by atoms with E-state index in [4.69, 9.17) is 4.74 Å². The first-order chi connectivity index (χ1) is 11.0. The summed E-state index contributed by atoms with van der Waals surface area (Å²) in [5.74, 6) is -2.65. The summed E-state index contributed by atoms with van der Waals surface area (Å²) in [7, 11) is 0. The third-order valence-electron chi connectivity index (χ3n) is 3.15. The number of halogens is 2. The Morgan fingerprint density at radius 1 is 1.13 bits per heavy atom. The third kappa shape index (κ3) is 4.60. The van der Waals surface area contributed by atoms with Crippen molar-refractivity contribution < 1.29 is 23.1 Å². The van der Waals surface area contributed by atoms with Gasteiger partial charge in [-0.25, -0.2) is 13.6 Å². The molecular formula is C17H15F2NO3. The summed E-state index contributed by atoms with van der Waals surface area (Å²) >= 11 is 0. The molecule has 0 unspecified atom stereocenters. The predicted octanol–water partition coefficient (Wildman–Crippen LogP) is 3.00. The Hall–Kier alpha value is -2.76. The molecule has 1 N–H and O–H groups in total. The van der Waals surface area contributed by atoms with E-state index in [0.29, 0.717) is 5.56 Å². The van der Waals surface area contributed by atoms with Crippen LogP contribution in [0.4, 0.5) is 8.78 Å². The van der Waals surface area contributed by atoms with Crippen LogP contribution in [0.25, 0.3) is 0 Å². The molecule has 0 aliphatic heterocycles. The van der Waals surface area contributed by atoms with Gasteiger partial charge in [0.1, 0.15) is 11.6 Å². The maximum atomic E-state index is 13.6. The molecule has 0 aliphatic carbocycles. The van der Waals surface area contributed by atoms with Crippen LogP contribution in [-0.2, 0) is 9.53 Å². The van der Waals surface area contributed by atoms with Crippen LogP contribution in [-0.4, -0.2) is 18.5 Å². The Morgan fingerprint density at radius 3 is 2.48 bits per heavy atom. The van der Waals surface area contributed by atoms with Crippen LogP contribution in [0.5, 0.6) is 0 Å². The highest BCUT2D eigenvalue weighted by molar-refractivity contribution is 5.91. The minimum atomic E-state index is -0.751. The van der Waals surface area contributed by atoms with Crippen molar-refractivity contribution in [3.05, 3.63) is 71.3 Å². The lowest BCUT2D eigenvalue weighted by atomic mass is 10.1. The minimum absolute atomic E-state index is 0.147. The average molecular weight is 319 g/mol. The number of hydrogen-bond donors (Lipinski definition) is 1. The maximum absolute atomic E-state index is 13.6. The Balaban J connectivity index is 1.88. The summed E-state index contributed by atoms with van der Waals surface area (Å²) in [6.45, 7) is 1.06. The van der Waals surface area contributed by atoms with Gasteiger partial charge in [-0.15, -0.1) is 0 Å². The first-order valence-electron chi connectivity index (χ1n) is 6.94. The topological polar surface area (TPSA) is 55.4 Å². The van der Waals surface area contributed by atoms with Gasteiger partial charge in [0.2, 0.25) is 0 Å². The van der Waals surface area contributed by atoms with E-state index in [-0.39, 0.29) is 5.56 Å². The Bertz CT molecular complexity index is 704. The fraction of sp³-hybridized carbons (Fsp3) is 0.176. The van der Waals surface area contributed by atoms with Crippen molar-refractivity contribution in [1.82, 2.24) is 5.32 Å². The Labute approximate surface area is 132 Å². The van der Waals surface area contributed by atoms with Crippen LogP contribution in [0, 0.1) is 11.6 Å². The van der Waals surface area contributed by atoms with Gasteiger partial charge >= 0.3 is 5.97 Å². The number of rotatable bonds is 5. The first-order valence-corrected chi connectivity index (χ1v) is 6.94. The molecule has 2 aromatic rings. The monoisotopic (exact) mass is 319 g/mol. The SMILES string of the molecule is C[C@@H](NC(=O)COC(=O)c1ccccc1)c1ccc(F)cc1F. The van der Waals surface area contributed by atoms with Crippen LogP contribution in [0.2, 0.25) is 0 Å². The summed E-state index contributed by atoms with van der Waals surface area (Å²) in [5, 5.41) is 2.48. The van der Waals surface area contributed by atoms with E-state index in [1.807, 2.05) is 0 Å². The van der Waals surface area contributed by atoms with Crippen molar-refractivity contribution in [2.75, 3.05) is 6.61 Å². The highest BCUT2D eigenvalue weighted by atomic mass is 19.1. The Kier molecular flexibility index (Phi) is 5.41. The zero-order chi connectivity index (χ0) is 16.8. The first kappa shape index (κ1) is 16.6. The van der Waals surface area contributed by atoms with Gasteiger partial charge < -0.3 is 10.1 Å². The third-order valence-corrected chi connectivity index (χ3v) is 3.15. The number of hydrogen-bond acceptors (Lipinski definition) is 3. The van der Waals surface area contributed by atoms with E-state index < -0.39 is 36.2 Å². The van der Waals surface area contributed by atoms with Gasteiger partial charge in [-0.05, 0) is 25.1 Å². The van der Waals surface area contributed by atoms with Crippen LogP contribution < -0.4 is 5.32 Å². The zero-order valence-electron chi connectivity index (χ0n) is 12.4. The van der Waals surface area contributed by atoms with Crippen molar-refractivity contribution in [3.63, 3.8) is 0 Å². The average Bonchev–Trinajstić information content (AvgIpc) is 2.53. The molecule has 23 heavy (non-hydrogen) atoms. The number of nitrogens with one attached hydrogen (secondary N) is 1. The number of esters is 1. The van der Waals surface area contributed by atoms with Gasteiger partial charge in [0, 0.05) is 11.6 Å². The number of carbonyl (C=O) groups excluding carboxylic acids is 2. The largest absolute Gasteiger partial charge is 0.452 e. The van der Waals surface area contributed by atoms with Gasteiger partial charge in [-0.3, -0.25) is 4.79 Å². The van der Waals surface area contributed by atoms with E-state index in [1.54, 1.807) is 37.3 Å². The highest BCUT2D eigenvalue weighted by Gasteiger charge is 2.16. The summed E-state index contributed by atoms with van der Waals surface area (Å²) in [6, 6.07) is 10.7. The summed E-state index contributed by atoms with van der Waals surface area (Å²) in [5.41, 5.74) is 0.479. The molecule has 0 radical (unpaired) electrons. The molecule has 4 nitrogen and oxygen atoms in total. The summed E-state index contributed by atoms with van der Waals surface area (Å²) < 4.78 is 31.3. The molecule has 0 aliphatic rings. The van der Waals surface area contributed by atoms with Crippen LogP contribution in [0.3, 0.4) is 0 Å². The van der Waals surface area contributed by atoms with Crippen LogP contribution in [0.1, 0.15) is 28.9 Å². The molecule has 0 aromatic heterocycles. The molecule has 120 valence electrons. The second-order valence-corrected chi connectivity index (χ2v) is 4.90. The number of benzene rings is 2. The van der Waals surface area contributed by atoms with E-state index in [1.165, 1.54) is 6.07 Å². The molecular weight excluding hydrogens is 304 g/mol. The van der Waals surface area contributed by atoms with Gasteiger partial charge in [0.05, 0.1) is 11.6 Å². The van der Waals surface area contributed by atoms with Gasteiger partial charge in [-0.1, -0.05) is 24.3 Å². The standard InChI is InChI=1S/C17H15F2NO3/c1-11(14-8-7-13(18)9-15(14)19)20-16(21)10-23-17(22)12-5-3-2-4-6-12/h2-9,11H,10H2,1H3,(H,20,21)/t11-/m1/s1.